The Balaban J connectivity index is 2.13. The SMILES string of the molecule is COC(=O)c1c(C)nsc1NC(=O)N1CCOC[C@H]1C. The molecule has 0 radical (unpaired) electrons. The Morgan fingerprint density at radius 1 is 1.55 bits per heavy atom. The number of hydrogen-bond donors (Lipinski definition) is 1. The molecule has 110 valence electrons. The summed E-state index contributed by atoms with van der Waals surface area (Å²) in [5.41, 5.74) is 0.860. The van der Waals surface area contributed by atoms with Crippen molar-refractivity contribution in [1.82, 2.24) is 9.27 Å². The van der Waals surface area contributed by atoms with Crippen LogP contribution in [-0.4, -0.2) is 54.2 Å². The van der Waals surface area contributed by atoms with E-state index < -0.39 is 5.97 Å². The number of esters is 1. The van der Waals surface area contributed by atoms with Crippen LogP contribution in [0.2, 0.25) is 0 Å². The number of aromatic nitrogens is 1. The molecule has 0 aliphatic carbocycles. The highest BCUT2D eigenvalue weighted by Gasteiger charge is 2.26. The molecule has 0 unspecified atom stereocenters. The molecule has 7 nitrogen and oxygen atoms in total. The number of urea groups is 1. The average Bonchev–Trinajstić information content (AvgIpc) is 2.79. The van der Waals surface area contributed by atoms with Crippen molar-refractivity contribution in [3.05, 3.63) is 11.3 Å². The van der Waals surface area contributed by atoms with Crippen molar-refractivity contribution < 1.29 is 19.1 Å². The van der Waals surface area contributed by atoms with Crippen molar-refractivity contribution in [1.29, 1.82) is 0 Å². The van der Waals surface area contributed by atoms with Crippen molar-refractivity contribution in [2.24, 2.45) is 0 Å². The number of anilines is 1. The predicted octanol–water partition coefficient (Wildman–Crippen LogP) is 1.49. The zero-order chi connectivity index (χ0) is 14.7. The normalized spacial score (nSPS) is 18.8. The second-order valence-corrected chi connectivity index (χ2v) is 5.28. The fourth-order valence-corrected chi connectivity index (χ4v) is 2.77. The van der Waals surface area contributed by atoms with E-state index in [1.807, 2.05) is 6.92 Å². The number of rotatable bonds is 2. The van der Waals surface area contributed by atoms with E-state index in [9.17, 15) is 9.59 Å². The van der Waals surface area contributed by atoms with Gasteiger partial charge in [-0.2, -0.15) is 4.37 Å². The topological polar surface area (TPSA) is 80.8 Å². The molecule has 1 saturated heterocycles. The second kappa shape index (κ2) is 6.19. The van der Waals surface area contributed by atoms with Gasteiger partial charge in [-0.1, -0.05) is 0 Å². The van der Waals surface area contributed by atoms with Gasteiger partial charge in [-0.05, 0) is 25.4 Å². The Morgan fingerprint density at radius 2 is 2.30 bits per heavy atom. The second-order valence-electron chi connectivity index (χ2n) is 4.51. The third-order valence-electron chi connectivity index (χ3n) is 3.10. The fourth-order valence-electron chi connectivity index (χ4n) is 2.00. The number of carbonyl (C=O) groups excluding carboxylic acids is 2. The van der Waals surface area contributed by atoms with Crippen LogP contribution >= 0.6 is 11.5 Å². The Bertz CT molecular complexity index is 517. The van der Waals surface area contributed by atoms with Crippen LogP contribution in [0.4, 0.5) is 9.80 Å². The van der Waals surface area contributed by atoms with Crippen molar-refractivity contribution in [2.45, 2.75) is 19.9 Å². The van der Waals surface area contributed by atoms with Gasteiger partial charge in [-0.15, -0.1) is 0 Å². The minimum absolute atomic E-state index is 0.000606. The summed E-state index contributed by atoms with van der Waals surface area (Å²) in [4.78, 5) is 25.6. The molecule has 2 heterocycles. The van der Waals surface area contributed by atoms with Crippen molar-refractivity contribution in [3.8, 4) is 0 Å². The van der Waals surface area contributed by atoms with E-state index in [1.165, 1.54) is 7.11 Å². The molecule has 0 saturated carbocycles. The summed E-state index contributed by atoms with van der Waals surface area (Å²) in [6.45, 7) is 5.17. The molecule has 2 amide bonds. The molecule has 1 atom stereocenters. The number of hydrogen-bond acceptors (Lipinski definition) is 6. The highest BCUT2D eigenvalue weighted by atomic mass is 32.1. The number of ether oxygens (including phenoxy) is 2. The van der Waals surface area contributed by atoms with E-state index >= 15 is 0 Å². The van der Waals surface area contributed by atoms with Gasteiger partial charge in [0, 0.05) is 6.54 Å². The lowest BCUT2D eigenvalue weighted by atomic mass is 10.2. The van der Waals surface area contributed by atoms with Crippen molar-refractivity contribution >= 4 is 28.5 Å². The number of amides is 2. The van der Waals surface area contributed by atoms with Gasteiger partial charge in [0.1, 0.15) is 10.6 Å². The summed E-state index contributed by atoms with van der Waals surface area (Å²) in [5, 5.41) is 3.15. The Kier molecular flexibility index (Phi) is 4.56. The number of aryl methyl sites for hydroxylation is 1. The van der Waals surface area contributed by atoms with Gasteiger partial charge in [0.25, 0.3) is 0 Å². The fraction of sp³-hybridized carbons (Fsp3) is 0.583. The molecular weight excluding hydrogens is 282 g/mol. The van der Waals surface area contributed by atoms with Crippen molar-refractivity contribution in [3.63, 3.8) is 0 Å². The van der Waals surface area contributed by atoms with Crippen LogP contribution in [0, 0.1) is 6.92 Å². The third-order valence-corrected chi connectivity index (χ3v) is 3.96. The highest BCUT2D eigenvalue weighted by Crippen LogP contribution is 2.26. The van der Waals surface area contributed by atoms with Crippen LogP contribution in [0.15, 0.2) is 0 Å². The van der Waals surface area contributed by atoms with Gasteiger partial charge in [-0.3, -0.25) is 5.32 Å². The maximum Gasteiger partial charge on any atom is 0.342 e. The van der Waals surface area contributed by atoms with E-state index in [2.05, 4.69) is 9.69 Å². The molecule has 1 N–H and O–H groups in total. The standard InChI is InChI=1S/C12H17N3O4S/c1-7-6-19-5-4-15(7)12(17)13-10-9(11(16)18-3)8(2)14-20-10/h7H,4-6H2,1-3H3,(H,13,17)/t7-/m1/s1. The molecule has 20 heavy (non-hydrogen) atoms. The molecule has 1 fully saturated rings. The van der Waals surface area contributed by atoms with Crippen LogP contribution in [0.5, 0.6) is 0 Å². The first-order valence-corrected chi connectivity index (χ1v) is 7.02. The molecule has 0 aromatic carbocycles. The molecule has 8 heteroatoms. The first-order valence-electron chi connectivity index (χ1n) is 6.24. The molecule has 1 aromatic heterocycles. The van der Waals surface area contributed by atoms with Crippen LogP contribution in [0.3, 0.4) is 0 Å². The Morgan fingerprint density at radius 3 is 2.95 bits per heavy atom. The summed E-state index contributed by atoms with van der Waals surface area (Å²) in [6.07, 6.45) is 0. The number of nitrogens with one attached hydrogen (secondary N) is 1. The summed E-state index contributed by atoms with van der Waals surface area (Å²) in [7, 11) is 1.30. The molecule has 1 aliphatic heterocycles. The molecule has 0 bridgehead atoms. The maximum atomic E-state index is 12.2. The summed E-state index contributed by atoms with van der Waals surface area (Å²) < 4.78 is 14.1. The van der Waals surface area contributed by atoms with Gasteiger partial charge in [0.05, 0.1) is 32.1 Å². The lowest BCUT2D eigenvalue weighted by Crippen LogP contribution is -2.48. The lowest BCUT2D eigenvalue weighted by Gasteiger charge is -2.33. The molecule has 1 aromatic rings. The van der Waals surface area contributed by atoms with Gasteiger partial charge in [-0.25, -0.2) is 9.59 Å². The van der Waals surface area contributed by atoms with E-state index in [0.29, 0.717) is 36.0 Å². The predicted molar refractivity (Wildman–Crippen MR) is 74.2 cm³/mol. The summed E-state index contributed by atoms with van der Waals surface area (Å²) >= 11 is 1.07. The van der Waals surface area contributed by atoms with E-state index in [-0.39, 0.29) is 12.1 Å². The van der Waals surface area contributed by atoms with E-state index in [1.54, 1.807) is 11.8 Å². The lowest BCUT2D eigenvalue weighted by molar-refractivity contribution is 0.0222. The number of methoxy groups -OCH3 is 1. The number of nitrogens with zero attached hydrogens (tertiary/aromatic N) is 2. The molecule has 1 aliphatic rings. The maximum absolute atomic E-state index is 12.2. The van der Waals surface area contributed by atoms with Crippen LogP contribution in [-0.2, 0) is 9.47 Å². The number of carbonyl (C=O) groups is 2. The third kappa shape index (κ3) is 2.91. The summed E-state index contributed by atoms with van der Waals surface area (Å²) in [5.74, 6) is -0.499. The van der Waals surface area contributed by atoms with Crippen LogP contribution < -0.4 is 5.32 Å². The Labute approximate surface area is 121 Å². The molecule has 0 spiro atoms. The van der Waals surface area contributed by atoms with Crippen LogP contribution in [0.1, 0.15) is 23.0 Å². The first-order chi connectivity index (χ1) is 9.54. The molecular formula is C12H17N3O4S. The average molecular weight is 299 g/mol. The van der Waals surface area contributed by atoms with Gasteiger partial charge < -0.3 is 14.4 Å². The minimum Gasteiger partial charge on any atom is -0.465 e. The van der Waals surface area contributed by atoms with E-state index in [4.69, 9.17) is 9.47 Å². The molecule has 2 rings (SSSR count). The largest absolute Gasteiger partial charge is 0.465 e. The summed E-state index contributed by atoms with van der Waals surface area (Å²) in [6, 6.07) is -0.256. The van der Waals surface area contributed by atoms with Crippen LogP contribution in [0.25, 0.3) is 0 Å². The smallest absolute Gasteiger partial charge is 0.342 e. The zero-order valence-corrected chi connectivity index (χ0v) is 12.5. The minimum atomic E-state index is -0.499. The highest BCUT2D eigenvalue weighted by molar-refractivity contribution is 7.11. The van der Waals surface area contributed by atoms with Crippen molar-refractivity contribution in [2.75, 3.05) is 32.2 Å². The number of morpholine rings is 1. The quantitative estimate of drug-likeness (QED) is 0.837. The monoisotopic (exact) mass is 299 g/mol. The van der Waals surface area contributed by atoms with Gasteiger partial charge in [0.2, 0.25) is 0 Å². The van der Waals surface area contributed by atoms with E-state index in [0.717, 1.165) is 11.5 Å². The first kappa shape index (κ1) is 14.7. The van der Waals surface area contributed by atoms with Gasteiger partial charge >= 0.3 is 12.0 Å². The zero-order valence-electron chi connectivity index (χ0n) is 11.6. The van der Waals surface area contributed by atoms with Gasteiger partial charge in [0.15, 0.2) is 0 Å². The Hall–Kier alpha value is -1.67.